The topological polar surface area (TPSA) is 110 Å². The van der Waals surface area contributed by atoms with Crippen molar-refractivity contribution in [3.8, 4) is 0 Å². The summed E-state index contributed by atoms with van der Waals surface area (Å²) in [6.45, 7) is 2.27. The maximum Gasteiger partial charge on any atom is 0.316 e. The highest BCUT2D eigenvalue weighted by Gasteiger charge is 2.48. The molecule has 9 nitrogen and oxygen atoms in total. The van der Waals surface area contributed by atoms with E-state index in [1.165, 1.54) is 13.3 Å². The molecular weight excluding hydrogens is 458 g/mol. The predicted molar refractivity (Wildman–Crippen MR) is 125 cm³/mol. The average molecular weight is 486 g/mol. The predicted octanol–water partition coefficient (Wildman–Crippen LogP) is 3.25. The Morgan fingerprint density at radius 1 is 1.35 bits per heavy atom. The number of nitrogens with zero attached hydrogens (tertiary/aromatic N) is 4. The number of carbonyl (C=O) groups is 1. The number of ether oxygens (including phenoxy) is 1. The molecule has 0 amide bonds. The number of nitro groups is 1. The Morgan fingerprint density at radius 3 is 2.88 bits per heavy atom. The number of nitrogens with one attached hydrogen (secondary N) is 1. The van der Waals surface area contributed by atoms with E-state index in [0.29, 0.717) is 17.9 Å². The van der Waals surface area contributed by atoms with Crippen molar-refractivity contribution in [1.29, 1.82) is 0 Å². The molecule has 2 unspecified atom stereocenters. The lowest BCUT2D eigenvalue weighted by Crippen LogP contribution is -2.57. The maximum atomic E-state index is 13.2. The SMILES string of the molecule is COC(=O)C1(Cc2ncc([N+](=O)[O-])c(C3CC4(CCN3)CN(Cl)C4)n2)CCCc2ccccc21. The van der Waals surface area contributed by atoms with E-state index in [1.807, 2.05) is 24.3 Å². The zero-order chi connectivity index (χ0) is 23.9. The molecule has 1 aromatic heterocycles. The Labute approximate surface area is 203 Å². The van der Waals surface area contributed by atoms with Crippen LogP contribution in [-0.2, 0) is 27.8 Å². The summed E-state index contributed by atoms with van der Waals surface area (Å²) in [4.78, 5) is 33.6. The van der Waals surface area contributed by atoms with E-state index in [0.717, 1.165) is 56.4 Å². The minimum atomic E-state index is -0.911. The lowest BCUT2D eigenvalue weighted by molar-refractivity contribution is -0.386. The number of aromatic nitrogens is 2. The van der Waals surface area contributed by atoms with Crippen LogP contribution in [0.2, 0.25) is 0 Å². The molecule has 3 aliphatic rings. The van der Waals surface area contributed by atoms with Gasteiger partial charge in [-0.3, -0.25) is 14.9 Å². The van der Waals surface area contributed by atoms with Crippen LogP contribution >= 0.6 is 11.8 Å². The van der Waals surface area contributed by atoms with Crippen molar-refractivity contribution in [2.45, 2.75) is 50.0 Å². The van der Waals surface area contributed by atoms with Crippen LogP contribution < -0.4 is 5.32 Å². The third kappa shape index (κ3) is 3.95. The van der Waals surface area contributed by atoms with Gasteiger partial charge in [0.05, 0.1) is 18.1 Å². The average Bonchev–Trinajstić information content (AvgIpc) is 2.83. The quantitative estimate of drug-likeness (QED) is 0.297. The third-order valence-electron chi connectivity index (χ3n) is 7.69. The van der Waals surface area contributed by atoms with Gasteiger partial charge in [0.2, 0.25) is 0 Å². The summed E-state index contributed by atoms with van der Waals surface area (Å²) in [5, 5.41) is 15.2. The van der Waals surface area contributed by atoms with Crippen LogP contribution in [0.5, 0.6) is 0 Å². The fraction of sp³-hybridized carbons (Fsp3) is 0.542. The lowest BCUT2D eigenvalue weighted by atomic mass is 9.67. The molecule has 0 radical (unpaired) electrons. The Balaban J connectivity index is 1.52. The molecule has 2 aromatic rings. The second kappa shape index (κ2) is 8.87. The minimum Gasteiger partial charge on any atom is -0.468 e. The monoisotopic (exact) mass is 485 g/mol. The van der Waals surface area contributed by atoms with Crippen LogP contribution in [0.25, 0.3) is 0 Å². The molecule has 2 atom stereocenters. The summed E-state index contributed by atoms with van der Waals surface area (Å²) >= 11 is 6.12. The number of carbonyl (C=O) groups excluding carboxylic acids is 1. The van der Waals surface area contributed by atoms with Gasteiger partial charge in [-0.1, -0.05) is 24.3 Å². The first kappa shape index (κ1) is 23.1. The van der Waals surface area contributed by atoms with Crippen molar-refractivity contribution in [2.24, 2.45) is 5.41 Å². The summed E-state index contributed by atoms with van der Waals surface area (Å²) in [6, 6.07) is 7.64. The van der Waals surface area contributed by atoms with Crippen molar-refractivity contribution in [3.05, 3.63) is 63.2 Å². The van der Waals surface area contributed by atoms with Crippen LogP contribution in [0.1, 0.15) is 54.4 Å². The van der Waals surface area contributed by atoms with Crippen molar-refractivity contribution < 1.29 is 14.5 Å². The molecule has 1 spiro atoms. The molecule has 1 aromatic carbocycles. The molecule has 5 rings (SSSR count). The zero-order valence-electron chi connectivity index (χ0n) is 19.1. The third-order valence-corrected chi connectivity index (χ3v) is 7.93. The second-order valence-corrected chi connectivity index (χ2v) is 10.3. The van der Waals surface area contributed by atoms with Crippen LogP contribution in [0.3, 0.4) is 0 Å². The molecule has 2 saturated heterocycles. The Bertz CT molecular complexity index is 1120. The van der Waals surface area contributed by atoms with E-state index >= 15 is 0 Å². The van der Waals surface area contributed by atoms with Gasteiger partial charge in [-0.05, 0) is 61.6 Å². The summed E-state index contributed by atoms with van der Waals surface area (Å²) in [5.74, 6) is 0.0891. The molecule has 3 heterocycles. The molecule has 34 heavy (non-hydrogen) atoms. The number of benzene rings is 1. The van der Waals surface area contributed by atoms with Crippen LogP contribution in [0, 0.1) is 15.5 Å². The second-order valence-electron chi connectivity index (χ2n) is 9.81. The Kier molecular flexibility index (Phi) is 6.03. The molecule has 0 bridgehead atoms. The number of rotatable bonds is 5. The standard InChI is InChI=1S/C24H28ClN5O4/c1-34-22(31)24(8-4-6-16-5-2-3-7-17(16)24)12-20-27-13-19(30(32)33)21(28-20)18-11-23(9-10-26-18)14-29(25)15-23/h2-3,5,7,13,18,26H,4,6,8-12,14-15H2,1H3. The van der Waals surface area contributed by atoms with Crippen LogP contribution in [0.15, 0.2) is 30.5 Å². The van der Waals surface area contributed by atoms with Gasteiger partial charge >= 0.3 is 11.7 Å². The molecule has 180 valence electrons. The number of esters is 1. The van der Waals surface area contributed by atoms with E-state index < -0.39 is 10.3 Å². The number of aryl methyl sites for hydroxylation is 1. The summed E-state index contributed by atoms with van der Waals surface area (Å²) in [6.07, 6.45) is 5.56. The molecule has 10 heteroatoms. The first-order chi connectivity index (χ1) is 16.4. The smallest absolute Gasteiger partial charge is 0.316 e. The maximum absolute atomic E-state index is 13.2. The number of methoxy groups -OCH3 is 1. The molecular formula is C24H28ClN5O4. The Hall–Kier alpha value is -2.62. The zero-order valence-corrected chi connectivity index (χ0v) is 19.9. The van der Waals surface area contributed by atoms with Gasteiger partial charge in [0.1, 0.15) is 23.1 Å². The number of hydrogen-bond acceptors (Lipinski definition) is 8. The molecule has 2 fully saturated rings. The fourth-order valence-corrected chi connectivity index (χ4v) is 6.55. The molecule has 0 saturated carbocycles. The van der Waals surface area contributed by atoms with Crippen LogP contribution in [-0.4, -0.2) is 52.0 Å². The fourth-order valence-electron chi connectivity index (χ4n) is 6.04. The van der Waals surface area contributed by atoms with Gasteiger partial charge in [0, 0.05) is 24.9 Å². The Morgan fingerprint density at radius 2 is 2.15 bits per heavy atom. The number of hydrogen-bond donors (Lipinski definition) is 1. The van der Waals surface area contributed by atoms with Crippen molar-refractivity contribution in [1.82, 2.24) is 19.7 Å². The molecule has 1 N–H and O–H groups in total. The van der Waals surface area contributed by atoms with E-state index in [2.05, 4.69) is 10.3 Å². The highest BCUT2D eigenvalue weighted by Crippen LogP contribution is 2.46. The number of piperidine rings is 1. The van der Waals surface area contributed by atoms with Gasteiger partial charge in [-0.15, -0.1) is 0 Å². The van der Waals surface area contributed by atoms with E-state index in [-0.39, 0.29) is 29.5 Å². The molecule has 1 aliphatic carbocycles. The first-order valence-corrected chi connectivity index (χ1v) is 12.0. The molecule has 2 aliphatic heterocycles. The normalized spacial score (nSPS) is 25.9. The number of halogens is 1. The highest BCUT2D eigenvalue weighted by molar-refractivity contribution is 6.13. The van der Waals surface area contributed by atoms with Gasteiger partial charge in [-0.2, -0.15) is 0 Å². The van der Waals surface area contributed by atoms with Crippen molar-refractivity contribution >= 4 is 23.4 Å². The minimum absolute atomic E-state index is 0.0478. The summed E-state index contributed by atoms with van der Waals surface area (Å²) in [7, 11) is 1.40. The van der Waals surface area contributed by atoms with Gasteiger partial charge < -0.3 is 10.1 Å². The van der Waals surface area contributed by atoms with Gasteiger partial charge in [0.15, 0.2) is 0 Å². The van der Waals surface area contributed by atoms with E-state index in [1.54, 1.807) is 4.42 Å². The van der Waals surface area contributed by atoms with Crippen LogP contribution in [0.4, 0.5) is 5.69 Å². The van der Waals surface area contributed by atoms with Gasteiger partial charge in [-0.25, -0.2) is 14.4 Å². The van der Waals surface area contributed by atoms with Crippen molar-refractivity contribution in [3.63, 3.8) is 0 Å². The lowest BCUT2D eigenvalue weighted by Gasteiger charge is -2.51. The summed E-state index contributed by atoms with van der Waals surface area (Å²) < 4.78 is 7.01. The van der Waals surface area contributed by atoms with Gasteiger partial charge in [0.25, 0.3) is 0 Å². The number of fused-ring (bicyclic) bond motifs is 1. The van der Waals surface area contributed by atoms with E-state index in [4.69, 9.17) is 21.5 Å². The largest absolute Gasteiger partial charge is 0.468 e. The summed E-state index contributed by atoms with van der Waals surface area (Å²) in [5.41, 5.74) is 1.47. The van der Waals surface area contributed by atoms with E-state index in [9.17, 15) is 14.9 Å². The first-order valence-electron chi connectivity index (χ1n) is 11.7. The highest BCUT2D eigenvalue weighted by atomic mass is 35.5. The van der Waals surface area contributed by atoms with Crippen molar-refractivity contribution in [2.75, 3.05) is 26.7 Å².